The Balaban J connectivity index is 1.47. The van der Waals surface area contributed by atoms with E-state index in [2.05, 4.69) is 10.4 Å². The Morgan fingerprint density at radius 1 is 1.07 bits per heavy atom. The summed E-state index contributed by atoms with van der Waals surface area (Å²) in [5.74, 6) is 1.46. The fraction of sp³-hybridized carbons (Fsp3) is 0.818. The predicted molar refractivity (Wildman–Crippen MR) is 105 cm³/mol. The van der Waals surface area contributed by atoms with Gasteiger partial charge in [0.2, 0.25) is 5.91 Å². The molecule has 0 bridgehead atoms. The van der Waals surface area contributed by atoms with Crippen LogP contribution in [-0.2, 0) is 16.6 Å². The third-order valence-corrected chi connectivity index (χ3v) is 7.20. The number of ether oxygens (including phenoxy) is 1. The number of nitrogens with one attached hydrogen (secondary N) is 1. The van der Waals surface area contributed by atoms with Crippen LogP contribution in [0, 0.1) is 17.8 Å². The number of nitrogens with zero attached hydrogens (tertiary/aromatic N) is 2. The van der Waals surface area contributed by atoms with Gasteiger partial charge in [-0.1, -0.05) is 38.5 Å². The molecule has 5 heteroatoms. The fourth-order valence-electron chi connectivity index (χ4n) is 5.69. The van der Waals surface area contributed by atoms with Crippen LogP contribution in [0.3, 0.4) is 0 Å². The number of aromatic nitrogens is 2. The zero-order chi connectivity index (χ0) is 18.6. The van der Waals surface area contributed by atoms with Crippen LogP contribution >= 0.6 is 0 Å². The van der Waals surface area contributed by atoms with Crippen LogP contribution in [0.25, 0.3) is 0 Å². The average molecular weight is 374 g/mol. The summed E-state index contributed by atoms with van der Waals surface area (Å²) in [4.78, 5) is 13.3. The minimum absolute atomic E-state index is 0.0879. The first kappa shape index (κ1) is 19.0. The SMILES string of the molecule is Cn1nccc1[C@@H]1OCC[C@H]1C(=O)NC(C1CCCCC1)C1CCCCC1. The summed E-state index contributed by atoms with van der Waals surface area (Å²) in [7, 11) is 1.93. The molecule has 3 fully saturated rings. The van der Waals surface area contributed by atoms with E-state index in [1.165, 1.54) is 64.2 Å². The molecule has 1 aliphatic heterocycles. The van der Waals surface area contributed by atoms with Crippen LogP contribution in [0.2, 0.25) is 0 Å². The minimum Gasteiger partial charge on any atom is -0.371 e. The van der Waals surface area contributed by atoms with E-state index in [0.29, 0.717) is 24.5 Å². The van der Waals surface area contributed by atoms with Crippen molar-refractivity contribution in [3.05, 3.63) is 18.0 Å². The van der Waals surface area contributed by atoms with Gasteiger partial charge in [0, 0.05) is 25.9 Å². The molecule has 5 nitrogen and oxygen atoms in total. The summed E-state index contributed by atoms with van der Waals surface area (Å²) in [6.07, 6.45) is 15.6. The van der Waals surface area contributed by atoms with E-state index < -0.39 is 0 Å². The van der Waals surface area contributed by atoms with Gasteiger partial charge in [-0.05, 0) is 50.0 Å². The van der Waals surface area contributed by atoms with Crippen molar-refractivity contribution < 1.29 is 9.53 Å². The maximum absolute atomic E-state index is 13.3. The summed E-state index contributed by atoms with van der Waals surface area (Å²) >= 11 is 0. The molecule has 4 rings (SSSR count). The van der Waals surface area contributed by atoms with Gasteiger partial charge in [0.1, 0.15) is 6.10 Å². The van der Waals surface area contributed by atoms with E-state index in [4.69, 9.17) is 4.74 Å². The highest BCUT2D eigenvalue weighted by Gasteiger charge is 2.40. The van der Waals surface area contributed by atoms with E-state index >= 15 is 0 Å². The quantitative estimate of drug-likeness (QED) is 0.844. The number of carbonyl (C=O) groups excluding carboxylic acids is 1. The van der Waals surface area contributed by atoms with Gasteiger partial charge in [0.05, 0.1) is 11.6 Å². The fourth-order valence-corrected chi connectivity index (χ4v) is 5.69. The highest BCUT2D eigenvalue weighted by molar-refractivity contribution is 5.80. The first-order valence-corrected chi connectivity index (χ1v) is 11.1. The van der Waals surface area contributed by atoms with Crippen LogP contribution in [0.15, 0.2) is 12.3 Å². The van der Waals surface area contributed by atoms with E-state index in [0.717, 1.165) is 12.1 Å². The highest BCUT2D eigenvalue weighted by atomic mass is 16.5. The van der Waals surface area contributed by atoms with E-state index in [1.54, 1.807) is 6.20 Å². The first-order valence-electron chi connectivity index (χ1n) is 11.1. The largest absolute Gasteiger partial charge is 0.371 e. The molecule has 1 N–H and O–H groups in total. The summed E-state index contributed by atoms with van der Waals surface area (Å²) in [5.41, 5.74) is 1.01. The number of hydrogen-bond acceptors (Lipinski definition) is 3. The molecule has 1 saturated heterocycles. The van der Waals surface area contributed by atoms with Gasteiger partial charge in [-0.3, -0.25) is 9.48 Å². The monoisotopic (exact) mass is 373 g/mol. The van der Waals surface area contributed by atoms with Crippen molar-refractivity contribution in [2.24, 2.45) is 24.8 Å². The van der Waals surface area contributed by atoms with Crippen LogP contribution < -0.4 is 5.32 Å². The van der Waals surface area contributed by atoms with Gasteiger partial charge in [-0.25, -0.2) is 0 Å². The van der Waals surface area contributed by atoms with Crippen molar-refractivity contribution in [3.8, 4) is 0 Å². The Labute approximate surface area is 163 Å². The van der Waals surface area contributed by atoms with Gasteiger partial charge in [-0.15, -0.1) is 0 Å². The summed E-state index contributed by atoms with van der Waals surface area (Å²) in [5, 5.41) is 7.83. The lowest BCUT2D eigenvalue weighted by Crippen LogP contribution is -2.49. The van der Waals surface area contributed by atoms with Crippen molar-refractivity contribution in [1.29, 1.82) is 0 Å². The van der Waals surface area contributed by atoms with Gasteiger partial charge in [0.25, 0.3) is 0 Å². The lowest BCUT2D eigenvalue weighted by Gasteiger charge is -2.39. The number of hydrogen-bond donors (Lipinski definition) is 1. The van der Waals surface area contributed by atoms with Crippen molar-refractivity contribution in [2.45, 2.75) is 82.8 Å². The van der Waals surface area contributed by atoms with Crippen molar-refractivity contribution in [2.75, 3.05) is 6.61 Å². The number of rotatable bonds is 5. The number of carbonyl (C=O) groups is 1. The highest BCUT2D eigenvalue weighted by Crippen LogP contribution is 2.38. The summed E-state index contributed by atoms with van der Waals surface area (Å²) in [6, 6.07) is 2.35. The molecule has 27 heavy (non-hydrogen) atoms. The predicted octanol–water partition coefficient (Wildman–Crippen LogP) is 4.14. The molecular weight excluding hydrogens is 338 g/mol. The van der Waals surface area contributed by atoms with Crippen LogP contribution in [0.4, 0.5) is 0 Å². The number of aryl methyl sites for hydroxylation is 1. The lowest BCUT2D eigenvalue weighted by atomic mass is 9.73. The maximum Gasteiger partial charge on any atom is 0.226 e. The molecule has 1 amide bonds. The molecule has 2 atom stereocenters. The Morgan fingerprint density at radius 3 is 2.26 bits per heavy atom. The van der Waals surface area contributed by atoms with E-state index in [1.807, 2.05) is 17.8 Å². The Bertz CT molecular complexity index is 599. The number of amides is 1. The second kappa shape index (κ2) is 8.76. The topological polar surface area (TPSA) is 56.2 Å². The van der Waals surface area contributed by atoms with Gasteiger partial charge in [0.15, 0.2) is 0 Å². The van der Waals surface area contributed by atoms with Crippen LogP contribution in [0.1, 0.15) is 82.4 Å². The Kier molecular flexibility index (Phi) is 6.16. The normalized spacial score (nSPS) is 27.9. The van der Waals surface area contributed by atoms with Gasteiger partial charge in [-0.2, -0.15) is 5.10 Å². The third-order valence-electron chi connectivity index (χ3n) is 7.20. The molecule has 0 spiro atoms. The van der Waals surface area contributed by atoms with Crippen molar-refractivity contribution in [1.82, 2.24) is 15.1 Å². The second-order valence-corrected chi connectivity index (χ2v) is 8.90. The first-order chi connectivity index (χ1) is 13.2. The smallest absolute Gasteiger partial charge is 0.226 e. The van der Waals surface area contributed by atoms with E-state index in [-0.39, 0.29) is 17.9 Å². The molecule has 0 unspecified atom stereocenters. The van der Waals surface area contributed by atoms with Crippen LogP contribution in [0.5, 0.6) is 0 Å². The Hall–Kier alpha value is -1.36. The zero-order valence-electron chi connectivity index (χ0n) is 16.7. The van der Waals surface area contributed by atoms with Crippen LogP contribution in [-0.4, -0.2) is 28.3 Å². The molecular formula is C22H35N3O2. The lowest BCUT2D eigenvalue weighted by molar-refractivity contribution is -0.128. The van der Waals surface area contributed by atoms with Gasteiger partial charge >= 0.3 is 0 Å². The van der Waals surface area contributed by atoms with Crippen molar-refractivity contribution >= 4 is 5.91 Å². The molecule has 2 heterocycles. The summed E-state index contributed by atoms with van der Waals surface area (Å²) < 4.78 is 7.81. The van der Waals surface area contributed by atoms with E-state index in [9.17, 15) is 4.79 Å². The van der Waals surface area contributed by atoms with Crippen molar-refractivity contribution in [3.63, 3.8) is 0 Å². The molecule has 1 aromatic heterocycles. The molecule has 2 aliphatic carbocycles. The molecule has 0 aromatic carbocycles. The zero-order valence-corrected chi connectivity index (χ0v) is 16.7. The Morgan fingerprint density at radius 2 is 1.70 bits per heavy atom. The maximum atomic E-state index is 13.3. The minimum atomic E-state index is -0.157. The second-order valence-electron chi connectivity index (χ2n) is 8.90. The van der Waals surface area contributed by atoms with Gasteiger partial charge < -0.3 is 10.1 Å². The molecule has 0 radical (unpaired) electrons. The summed E-state index contributed by atoms with van der Waals surface area (Å²) in [6.45, 7) is 0.658. The molecule has 1 aromatic rings. The average Bonchev–Trinajstić information content (AvgIpc) is 3.36. The standard InChI is InChI=1S/C22H35N3O2/c1-25-19(12-14-23-25)21-18(13-15-27-21)22(26)24-20(16-8-4-2-5-9-16)17-10-6-3-7-11-17/h12,14,16-18,20-21H,2-11,13,15H2,1H3,(H,24,26)/t18-,21-/m1/s1. The third kappa shape index (κ3) is 4.23. The molecule has 150 valence electrons. The molecule has 3 aliphatic rings. The molecule has 2 saturated carbocycles.